The van der Waals surface area contributed by atoms with Crippen molar-refractivity contribution in [2.24, 2.45) is 0 Å². The smallest absolute Gasteiger partial charge is 0.237 e. The fourth-order valence-electron chi connectivity index (χ4n) is 2.16. The molecule has 23 heavy (non-hydrogen) atoms. The maximum Gasteiger partial charge on any atom is 0.237 e. The molecule has 2 amide bonds. The first kappa shape index (κ1) is 17.9. The lowest BCUT2D eigenvalue weighted by Crippen LogP contribution is -2.35. The van der Waals surface area contributed by atoms with Crippen LogP contribution in [0.2, 0.25) is 5.02 Å². The lowest BCUT2D eigenvalue weighted by molar-refractivity contribution is -0.119. The SMILES string of the molecule is O=C(C[S@](=O)CC(=O)Nc1ccc(Cl)cc1)NC[C@@H]1CCCO1. The van der Waals surface area contributed by atoms with Gasteiger partial charge >= 0.3 is 0 Å². The van der Waals surface area contributed by atoms with Gasteiger partial charge in [-0.15, -0.1) is 0 Å². The van der Waals surface area contributed by atoms with Gasteiger partial charge in [-0.05, 0) is 37.1 Å². The third-order valence-corrected chi connectivity index (χ3v) is 4.68. The van der Waals surface area contributed by atoms with Crippen molar-refractivity contribution in [3.05, 3.63) is 29.3 Å². The zero-order valence-electron chi connectivity index (χ0n) is 12.5. The molecule has 0 aliphatic carbocycles. The highest BCUT2D eigenvalue weighted by atomic mass is 35.5. The largest absolute Gasteiger partial charge is 0.376 e. The van der Waals surface area contributed by atoms with Gasteiger partial charge < -0.3 is 15.4 Å². The zero-order chi connectivity index (χ0) is 16.7. The molecule has 1 saturated heterocycles. The predicted molar refractivity (Wildman–Crippen MR) is 89.9 cm³/mol. The first-order valence-electron chi connectivity index (χ1n) is 7.31. The lowest BCUT2D eigenvalue weighted by Gasteiger charge is -2.10. The number of nitrogens with one attached hydrogen (secondary N) is 2. The van der Waals surface area contributed by atoms with Gasteiger partial charge in [0.1, 0.15) is 11.5 Å². The quantitative estimate of drug-likeness (QED) is 0.770. The number of hydrogen-bond acceptors (Lipinski definition) is 4. The van der Waals surface area contributed by atoms with Crippen LogP contribution in [0.1, 0.15) is 12.8 Å². The summed E-state index contributed by atoms with van der Waals surface area (Å²) in [6, 6.07) is 6.59. The van der Waals surface area contributed by atoms with Gasteiger partial charge in [-0.2, -0.15) is 0 Å². The minimum absolute atomic E-state index is 0.0422. The van der Waals surface area contributed by atoms with Crippen molar-refractivity contribution in [3.63, 3.8) is 0 Å². The average molecular weight is 359 g/mol. The topological polar surface area (TPSA) is 84.5 Å². The van der Waals surface area contributed by atoms with Gasteiger partial charge in [0.2, 0.25) is 11.8 Å². The number of benzene rings is 1. The van der Waals surface area contributed by atoms with E-state index in [9.17, 15) is 13.8 Å². The Kier molecular flexibility index (Phi) is 7.01. The fourth-order valence-corrected chi connectivity index (χ4v) is 3.14. The van der Waals surface area contributed by atoms with Gasteiger partial charge in [-0.1, -0.05) is 11.6 Å². The van der Waals surface area contributed by atoms with Crippen molar-refractivity contribution in [2.45, 2.75) is 18.9 Å². The van der Waals surface area contributed by atoms with Crippen molar-refractivity contribution in [1.29, 1.82) is 0 Å². The molecule has 126 valence electrons. The number of carbonyl (C=O) groups excluding carboxylic acids is 2. The molecule has 8 heteroatoms. The molecule has 6 nitrogen and oxygen atoms in total. The standard InChI is InChI=1S/C15H19ClN2O4S/c16-11-3-5-12(6-4-11)18-15(20)10-23(21)9-14(19)17-8-13-2-1-7-22-13/h3-6,13H,1-2,7-10H2,(H,17,19)(H,18,20)/t13-,23-/m0/s1. The van der Waals surface area contributed by atoms with Crippen molar-refractivity contribution >= 4 is 39.9 Å². The van der Waals surface area contributed by atoms with Crippen LogP contribution < -0.4 is 10.6 Å². The normalized spacial score (nSPS) is 18.4. The second kappa shape index (κ2) is 9.00. The van der Waals surface area contributed by atoms with Gasteiger partial charge in [-0.3, -0.25) is 13.8 Å². The number of amides is 2. The lowest BCUT2D eigenvalue weighted by atomic mass is 10.2. The van der Waals surface area contributed by atoms with Crippen LogP contribution in [0.5, 0.6) is 0 Å². The minimum atomic E-state index is -1.55. The van der Waals surface area contributed by atoms with Gasteiger partial charge in [0, 0.05) is 34.7 Å². The number of hydrogen-bond donors (Lipinski definition) is 2. The summed E-state index contributed by atoms with van der Waals surface area (Å²) in [5, 5.41) is 5.85. The fraction of sp³-hybridized carbons (Fsp3) is 0.467. The second-order valence-corrected chi connectivity index (χ2v) is 7.12. The third-order valence-electron chi connectivity index (χ3n) is 3.26. The Hall–Kier alpha value is -1.44. The van der Waals surface area contributed by atoms with Crippen LogP contribution in [-0.2, 0) is 25.1 Å². The number of rotatable bonds is 7. The summed E-state index contributed by atoms with van der Waals surface area (Å²) in [7, 11) is -1.55. The molecule has 0 aromatic heterocycles. The summed E-state index contributed by atoms with van der Waals surface area (Å²) < 4.78 is 17.2. The molecule has 1 aromatic rings. The van der Waals surface area contributed by atoms with Crippen molar-refractivity contribution in [2.75, 3.05) is 30.0 Å². The van der Waals surface area contributed by atoms with Crippen LogP contribution in [0, 0.1) is 0 Å². The molecular formula is C15H19ClN2O4S. The maximum absolute atomic E-state index is 11.8. The molecule has 0 bridgehead atoms. The molecular weight excluding hydrogens is 340 g/mol. The first-order chi connectivity index (χ1) is 11.0. The summed E-state index contributed by atoms with van der Waals surface area (Å²) in [5.41, 5.74) is 0.569. The van der Waals surface area contributed by atoms with Crippen LogP contribution in [0.4, 0.5) is 5.69 Å². The Morgan fingerprint density at radius 2 is 1.91 bits per heavy atom. The van der Waals surface area contributed by atoms with E-state index in [2.05, 4.69) is 10.6 Å². The van der Waals surface area contributed by atoms with E-state index in [1.54, 1.807) is 24.3 Å². The molecule has 1 aliphatic heterocycles. The van der Waals surface area contributed by atoms with Crippen LogP contribution >= 0.6 is 11.6 Å². The van der Waals surface area contributed by atoms with Crippen LogP contribution in [0.15, 0.2) is 24.3 Å². The molecule has 1 aromatic carbocycles. The van der Waals surface area contributed by atoms with E-state index in [1.165, 1.54) is 0 Å². The van der Waals surface area contributed by atoms with Gasteiger partial charge in [0.15, 0.2) is 0 Å². The Balaban J connectivity index is 1.67. The first-order valence-corrected chi connectivity index (χ1v) is 9.18. The Bertz CT molecular complexity index is 573. The highest BCUT2D eigenvalue weighted by molar-refractivity contribution is 7.86. The van der Waals surface area contributed by atoms with Gasteiger partial charge in [0.25, 0.3) is 0 Å². The van der Waals surface area contributed by atoms with Crippen molar-refractivity contribution < 1.29 is 18.5 Å². The van der Waals surface area contributed by atoms with E-state index in [1.807, 2.05) is 0 Å². The monoisotopic (exact) mass is 358 g/mol. The maximum atomic E-state index is 11.8. The highest BCUT2D eigenvalue weighted by Crippen LogP contribution is 2.13. The summed E-state index contributed by atoms with van der Waals surface area (Å²) in [6.45, 7) is 1.14. The Labute approximate surface area is 142 Å². The van der Waals surface area contributed by atoms with Crippen LogP contribution in [-0.4, -0.2) is 46.8 Å². The van der Waals surface area contributed by atoms with Gasteiger partial charge in [-0.25, -0.2) is 0 Å². The van der Waals surface area contributed by atoms with Crippen LogP contribution in [0.3, 0.4) is 0 Å². The summed E-state index contributed by atoms with van der Waals surface area (Å²) >= 11 is 5.75. The second-order valence-electron chi connectivity index (χ2n) is 5.22. The summed E-state index contributed by atoms with van der Waals surface area (Å²) in [4.78, 5) is 23.4. The molecule has 2 N–H and O–H groups in total. The molecule has 0 saturated carbocycles. The Morgan fingerprint density at radius 3 is 2.57 bits per heavy atom. The average Bonchev–Trinajstić information content (AvgIpc) is 3.00. The molecule has 1 aliphatic rings. The minimum Gasteiger partial charge on any atom is -0.376 e. The molecule has 0 radical (unpaired) electrons. The number of halogens is 1. The van der Waals surface area contributed by atoms with E-state index in [4.69, 9.17) is 16.3 Å². The van der Waals surface area contributed by atoms with E-state index in [0.717, 1.165) is 19.4 Å². The van der Waals surface area contributed by atoms with E-state index < -0.39 is 16.7 Å². The summed E-state index contributed by atoms with van der Waals surface area (Å²) in [5.74, 6) is -1.16. The molecule has 1 heterocycles. The summed E-state index contributed by atoms with van der Waals surface area (Å²) in [6.07, 6.45) is 1.96. The van der Waals surface area contributed by atoms with Crippen molar-refractivity contribution in [3.8, 4) is 0 Å². The van der Waals surface area contributed by atoms with E-state index >= 15 is 0 Å². The number of carbonyl (C=O) groups is 2. The van der Waals surface area contributed by atoms with Gasteiger partial charge in [0.05, 0.1) is 6.10 Å². The highest BCUT2D eigenvalue weighted by Gasteiger charge is 2.17. The van der Waals surface area contributed by atoms with Crippen LogP contribution in [0.25, 0.3) is 0 Å². The molecule has 0 unspecified atom stereocenters. The zero-order valence-corrected chi connectivity index (χ0v) is 14.1. The Morgan fingerprint density at radius 1 is 1.22 bits per heavy atom. The molecule has 2 rings (SSSR count). The molecule has 1 fully saturated rings. The number of ether oxygens (including phenoxy) is 1. The molecule has 2 atom stereocenters. The van der Waals surface area contributed by atoms with E-state index in [-0.39, 0.29) is 23.5 Å². The van der Waals surface area contributed by atoms with E-state index in [0.29, 0.717) is 17.3 Å². The number of anilines is 1. The van der Waals surface area contributed by atoms with Crippen molar-refractivity contribution in [1.82, 2.24) is 5.32 Å². The molecule has 0 spiro atoms. The predicted octanol–water partition coefficient (Wildman–Crippen LogP) is 1.32. The third kappa shape index (κ3) is 6.68.